The number of ether oxygens (including phenoxy) is 1. The largest absolute Gasteiger partial charge is 0.490 e. The molecule has 1 aromatic carbocycles. The molecule has 1 heterocycles. The molecule has 2 aromatic rings. The monoisotopic (exact) mass is 392 g/mol. The van der Waals surface area contributed by atoms with Crippen molar-refractivity contribution in [2.45, 2.75) is 31.8 Å². The molecule has 1 saturated carbocycles. The van der Waals surface area contributed by atoms with Crippen LogP contribution in [-0.2, 0) is 0 Å². The van der Waals surface area contributed by atoms with Crippen LogP contribution < -0.4 is 10.2 Å². The fourth-order valence-electron chi connectivity index (χ4n) is 2.50. The van der Waals surface area contributed by atoms with E-state index >= 15 is 0 Å². The molecule has 6 heteroatoms. The van der Waals surface area contributed by atoms with Crippen molar-refractivity contribution in [1.82, 2.24) is 5.43 Å². The quantitative estimate of drug-likeness (QED) is 0.597. The summed E-state index contributed by atoms with van der Waals surface area (Å²) >= 11 is 4.94. The Bertz CT molecular complexity index is 691. The molecule has 0 radical (unpaired) electrons. The Morgan fingerprint density at radius 3 is 2.61 bits per heavy atom. The third-order valence-corrected chi connectivity index (χ3v) is 5.23. The van der Waals surface area contributed by atoms with Crippen molar-refractivity contribution >= 4 is 39.4 Å². The molecular weight excluding hydrogens is 376 g/mol. The molecule has 0 saturated heterocycles. The summed E-state index contributed by atoms with van der Waals surface area (Å²) in [5, 5.41) is 3.97. The molecule has 1 aliphatic rings. The van der Waals surface area contributed by atoms with Gasteiger partial charge < -0.3 is 4.74 Å². The SMILES string of the molecule is O=C(N/N=C\c1ccc(Br)s1)c1ccc(OC2CCCC2)cc1. The Morgan fingerprint density at radius 1 is 1.22 bits per heavy atom. The Balaban J connectivity index is 1.53. The number of halogens is 1. The third kappa shape index (κ3) is 4.65. The van der Waals surface area contributed by atoms with Crippen molar-refractivity contribution in [2.75, 3.05) is 0 Å². The lowest BCUT2D eigenvalue weighted by Crippen LogP contribution is -2.17. The lowest BCUT2D eigenvalue weighted by atomic mass is 10.2. The topological polar surface area (TPSA) is 50.7 Å². The van der Waals surface area contributed by atoms with Crippen LogP contribution in [-0.4, -0.2) is 18.2 Å². The standard InChI is InChI=1S/C17H17BrN2O2S/c18-16-10-9-15(23-16)11-19-20-17(21)12-5-7-14(8-6-12)22-13-3-1-2-4-13/h5-11,13H,1-4H2,(H,20,21)/b19-11-. The van der Waals surface area contributed by atoms with Gasteiger partial charge in [0.25, 0.3) is 5.91 Å². The van der Waals surface area contributed by atoms with Gasteiger partial charge in [0.05, 0.1) is 16.1 Å². The number of carbonyl (C=O) groups excluding carboxylic acids is 1. The van der Waals surface area contributed by atoms with Crippen molar-refractivity contribution in [2.24, 2.45) is 5.10 Å². The highest BCUT2D eigenvalue weighted by Crippen LogP contribution is 2.24. The van der Waals surface area contributed by atoms with Crippen LogP contribution in [0.2, 0.25) is 0 Å². The van der Waals surface area contributed by atoms with Gasteiger partial charge in [-0.15, -0.1) is 11.3 Å². The molecule has 4 nitrogen and oxygen atoms in total. The minimum Gasteiger partial charge on any atom is -0.490 e. The van der Waals surface area contributed by atoms with Gasteiger partial charge in [-0.2, -0.15) is 5.10 Å². The minimum atomic E-state index is -0.232. The number of hydrazone groups is 1. The molecule has 23 heavy (non-hydrogen) atoms. The average Bonchev–Trinajstić information content (AvgIpc) is 3.20. The molecule has 120 valence electrons. The lowest BCUT2D eigenvalue weighted by molar-refractivity contribution is 0.0955. The van der Waals surface area contributed by atoms with Gasteiger partial charge in [0.2, 0.25) is 0 Å². The van der Waals surface area contributed by atoms with Crippen molar-refractivity contribution in [1.29, 1.82) is 0 Å². The summed E-state index contributed by atoms with van der Waals surface area (Å²) in [5.74, 6) is 0.588. The van der Waals surface area contributed by atoms with Gasteiger partial charge in [-0.1, -0.05) is 0 Å². The summed E-state index contributed by atoms with van der Waals surface area (Å²) < 4.78 is 6.92. The predicted molar refractivity (Wildman–Crippen MR) is 96.4 cm³/mol. The van der Waals surface area contributed by atoms with Crippen molar-refractivity contribution < 1.29 is 9.53 Å². The van der Waals surface area contributed by atoms with E-state index < -0.39 is 0 Å². The van der Waals surface area contributed by atoms with Gasteiger partial charge in [0.1, 0.15) is 5.75 Å². The van der Waals surface area contributed by atoms with E-state index in [2.05, 4.69) is 26.5 Å². The van der Waals surface area contributed by atoms with E-state index in [0.717, 1.165) is 27.3 Å². The van der Waals surface area contributed by atoms with Gasteiger partial charge in [-0.3, -0.25) is 4.79 Å². The van der Waals surface area contributed by atoms with E-state index in [1.54, 1.807) is 29.7 Å². The summed E-state index contributed by atoms with van der Waals surface area (Å²) in [5.41, 5.74) is 3.09. The predicted octanol–water partition coefficient (Wildman–Crippen LogP) is 4.60. The van der Waals surface area contributed by atoms with Crippen LogP contribution in [0.1, 0.15) is 40.9 Å². The van der Waals surface area contributed by atoms with Crippen molar-refractivity contribution in [3.8, 4) is 5.75 Å². The van der Waals surface area contributed by atoms with E-state index in [9.17, 15) is 4.79 Å². The maximum absolute atomic E-state index is 12.0. The van der Waals surface area contributed by atoms with E-state index in [1.807, 2.05) is 24.3 Å². The number of hydrogen-bond donors (Lipinski definition) is 1. The van der Waals surface area contributed by atoms with Crippen molar-refractivity contribution in [3.05, 3.63) is 50.6 Å². The Hall–Kier alpha value is -1.66. The second-order valence-corrected chi connectivity index (χ2v) is 7.88. The number of benzene rings is 1. The zero-order valence-electron chi connectivity index (χ0n) is 12.5. The van der Waals surface area contributed by atoms with Crippen LogP contribution in [0.5, 0.6) is 5.75 Å². The van der Waals surface area contributed by atoms with Gasteiger partial charge in [0, 0.05) is 10.4 Å². The van der Waals surface area contributed by atoms with Gasteiger partial charge in [-0.25, -0.2) is 5.43 Å². The Kier molecular flexibility index (Phi) is 5.46. The van der Waals surface area contributed by atoms with E-state index in [-0.39, 0.29) is 5.91 Å². The summed E-state index contributed by atoms with van der Waals surface area (Å²) in [4.78, 5) is 13.0. The van der Waals surface area contributed by atoms with E-state index in [4.69, 9.17) is 4.74 Å². The first-order valence-corrected chi connectivity index (χ1v) is 9.17. The zero-order valence-corrected chi connectivity index (χ0v) is 14.9. The van der Waals surface area contributed by atoms with Crippen LogP contribution in [0.3, 0.4) is 0 Å². The van der Waals surface area contributed by atoms with Crippen molar-refractivity contribution in [3.63, 3.8) is 0 Å². The van der Waals surface area contributed by atoms with Crippen LogP contribution in [0.4, 0.5) is 0 Å². The van der Waals surface area contributed by atoms with Crippen LogP contribution in [0, 0.1) is 0 Å². The molecule has 1 aliphatic carbocycles. The number of amides is 1. The number of carbonyl (C=O) groups is 1. The Morgan fingerprint density at radius 2 is 1.96 bits per heavy atom. The summed E-state index contributed by atoms with van der Waals surface area (Å²) in [7, 11) is 0. The second kappa shape index (κ2) is 7.75. The van der Waals surface area contributed by atoms with Gasteiger partial charge in [0.15, 0.2) is 0 Å². The third-order valence-electron chi connectivity index (χ3n) is 3.67. The summed E-state index contributed by atoms with van der Waals surface area (Å²) in [6.45, 7) is 0. The molecule has 1 amide bonds. The van der Waals surface area contributed by atoms with E-state index in [0.29, 0.717) is 11.7 Å². The molecule has 1 fully saturated rings. The maximum Gasteiger partial charge on any atom is 0.271 e. The van der Waals surface area contributed by atoms with Crippen LogP contribution >= 0.6 is 27.3 Å². The van der Waals surface area contributed by atoms with Gasteiger partial charge >= 0.3 is 0 Å². The molecule has 0 bridgehead atoms. The van der Waals surface area contributed by atoms with Gasteiger partial charge in [-0.05, 0) is 78.0 Å². The molecule has 1 aromatic heterocycles. The van der Waals surface area contributed by atoms with Crippen LogP contribution in [0.15, 0.2) is 45.3 Å². The molecule has 0 spiro atoms. The number of thiophene rings is 1. The Labute approximate surface area is 147 Å². The van der Waals surface area contributed by atoms with Crippen LogP contribution in [0.25, 0.3) is 0 Å². The molecule has 0 atom stereocenters. The summed E-state index contributed by atoms with van der Waals surface area (Å²) in [6, 6.07) is 11.1. The number of hydrogen-bond acceptors (Lipinski definition) is 4. The lowest BCUT2D eigenvalue weighted by Gasteiger charge is -2.12. The fourth-order valence-corrected chi connectivity index (χ4v) is 3.80. The number of nitrogens with zero attached hydrogens (tertiary/aromatic N) is 1. The first kappa shape index (κ1) is 16.2. The average molecular weight is 393 g/mol. The molecule has 0 aliphatic heterocycles. The normalized spacial score (nSPS) is 15.2. The fraction of sp³-hybridized carbons (Fsp3) is 0.294. The number of rotatable bonds is 5. The summed E-state index contributed by atoms with van der Waals surface area (Å²) in [6.07, 6.45) is 6.68. The zero-order chi connectivity index (χ0) is 16.1. The molecule has 3 rings (SSSR count). The molecule has 0 unspecified atom stereocenters. The molecule has 1 N–H and O–H groups in total. The minimum absolute atomic E-state index is 0.232. The highest BCUT2D eigenvalue weighted by atomic mass is 79.9. The highest BCUT2D eigenvalue weighted by molar-refractivity contribution is 9.11. The highest BCUT2D eigenvalue weighted by Gasteiger charge is 2.16. The molecular formula is C17H17BrN2O2S. The first-order chi connectivity index (χ1) is 11.2. The van der Waals surface area contributed by atoms with E-state index in [1.165, 1.54) is 12.8 Å². The smallest absolute Gasteiger partial charge is 0.271 e. The first-order valence-electron chi connectivity index (χ1n) is 7.56. The number of nitrogens with one attached hydrogen (secondary N) is 1. The maximum atomic E-state index is 12.0. The second-order valence-electron chi connectivity index (χ2n) is 5.39.